The van der Waals surface area contributed by atoms with Gasteiger partial charge in [-0.1, -0.05) is 46.9 Å². The second kappa shape index (κ2) is 5.84. The third-order valence-corrected chi connectivity index (χ3v) is 2.87. The molecule has 0 saturated carbocycles. The number of anilines is 1. The lowest BCUT2D eigenvalue weighted by atomic mass is 10.1. The van der Waals surface area contributed by atoms with Crippen molar-refractivity contribution in [2.75, 3.05) is 5.12 Å². The first kappa shape index (κ1) is 15.5. The Kier molecular flexibility index (Phi) is 4.11. The molecule has 8 heteroatoms. The minimum absolute atomic E-state index is 0.707. The van der Waals surface area contributed by atoms with Crippen molar-refractivity contribution in [3.63, 3.8) is 0 Å². The van der Waals surface area contributed by atoms with Crippen LogP contribution < -0.4 is 5.12 Å². The molecule has 2 rings (SSSR count). The topological polar surface area (TPSA) is 63.5 Å². The van der Waals surface area contributed by atoms with Gasteiger partial charge in [0.2, 0.25) is 0 Å². The highest BCUT2D eigenvalue weighted by molar-refractivity contribution is 5.98. The number of hydrogen-bond acceptors (Lipinski definition) is 3. The van der Waals surface area contributed by atoms with Crippen LogP contribution >= 0.6 is 0 Å². The van der Waals surface area contributed by atoms with Crippen molar-refractivity contribution in [3.8, 4) is 0 Å². The summed E-state index contributed by atoms with van der Waals surface area (Å²) in [5, 5.41) is 9.88. The van der Waals surface area contributed by atoms with E-state index in [0.29, 0.717) is 0 Å². The van der Waals surface area contributed by atoms with Gasteiger partial charge in [-0.15, -0.1) is 5.12 Å². The van der Waals surface area contributed by atoms with E-state index in [0.717, 1.165) is 24.3 Å². The molecule has 0 aliphatic heterocycles. The zero-order valence-corrected chi connectivity index (χ0v) is 10.9. The summed E-state index contributed by atoms with van der Waals surface area (Å²) in [5.74, 6) is -6.35. The number of benzene rings is 2. The van der Waals surface area contributed by atoms with Gasteiger partial charge in [0, 0.05) is 11.6 Å². The van der Waals surface area contributed by atoms with Crippen molar-refractivity contribution < 1.29 is 23.0 Å². The molecule has 0 aromatic heterocycles. The minimum atomic E-state index is -4.15. The van der Waals surface area contributed by atoms with Crippen molar-refractivity contribution >= 4 is 17.3 Å². The van der Waals surface area contributed by atoms with Crippen LogP contribution in [0.3, 0.4) is 0 Å². The van der Waals surface area contributed by atoms with Crippen LogP contribution in [0.1, 0.15) is 5.56 Å². The normalized spacial score (nSPS) is 11.0. The molecule has 5 nitrogen and oxygen atoms in total. The van der Waals surface area contributed by atoms with E-state index in [4.69, 9.17) is 0 Å². The number of hydrogen-bond donors (Lipinski definition) is 0. The van der Waals surface area contributed by atoms with Crippen LogP contribution in [0.5, 0.6) is 0 Å². The van der Waals surface area contributed by atoms with Gasteiger partial charge in [0.05, 0.1) is 4.92 Å². The van der Waals surface area contributed by atoms with E-state index in [2.05, 4.69) is 0 Å². The fourth-order valence-electron chi connectivity index (χ4n) is 1.79. The van der Waals surface area contributed by atoms with E-state index >= 15 is 0 Å². The molecule has 0 fully saturated rings. The molecule has 0 spiro atoms. The predicted octanol–water partition coefficient (Wildman–Crippen LogP) is 3.60. The lowest BCUT2D eigenvalue weighted by Crippen LogP contribution is -2.37. The fraction of sp³-hybridized carbons (Fsp3) is 0.0714. The molecule has 0 heterocycles. The van der Waals surface area contributed by atoms with Gasteiger partial charge in [-0.25, -0.2) is 0 Å². The SMILES string of the molecule is O=C(N(F)c1ccccc1[N+](=O)[O-])C(F)(F)c1ccccc1. The molecule has 0 N–H and O–H groups in total. The molecule has 2 aromatic carbocycles. The maximum Gasteiger partial charge on any atom is 0.352 e. The molecule has 1 amide bonds. The van der Waals surface area contributed by atoms with Gasteiger partial charge < -0.3 is 0 Å². The van der Waals surface area contributed by atoms with Crippen molar-refractivity contribution in [3.05, 3.63) is 70.3 Å². The van der Waals surface area contributed by atoms with E-state index in [1.54, 1.807) is 0 Å². The van der Waals surface area contributed by atoms with E-state index in [-0.39, 0.29) is 0 Å². The Balaban J connectivity index is 2.40. The number of carbonyl (C=O) groups excluding carboxylic acids is 1. The number of alkyl halides is 2. The van der Waals surface area contributed by atoms with Crippen LogP contribution in [0.25, 0.3) is 0 Å². The third-order valence-electron chi connectivity index (χ3n) is 2.87. The second-order valence-electron chi connectivity index (χ2n) is 4.27. The average molecular weight is 310 g/mol. The molecule has 22 heavy (non-hydrogen) atoms. The van der Waals surface area contributed by atoms with Gasteiger partial charge in [-0.3, -0.25) is 14.9 Å². The molecule has 114 valence electrons. The van der Waals surface area contributed by atoms with Gasteiger partial charge in [0.25, 0.3) is 5.69 Å². The van der Waals surface area contributed by atoms with Crippen molar-refractivity contribution in [1.82, 2.24) is 0 Å². The molecular formula is C14H9F3N2O3. The van der Waals surface area contributed by atoms with Crippen LogP contribution in [-0.4, -0.2) is 10.8 Å². The summed E-state index contributed by atoms with van der Waals surface area (Å²) in [5.41, 5.74) is -2.35. The highest BCUT2D eigenvalue weighted by Crippen LogP contribution is 2.35. The van der Waals surface area contributed by atoms with Crippen LogP contribution in [0, 0.1) is 10.1 Å². The van der Waals surface area contributed by atoms with Gasteiger partial charge in [-0.2, -0.15) is 8.78 Å². The number of rotatable bonds is 4. The average Bonchev–Trinajstić information content (AvgIpc) is 2.54. The molecule has 0 unspecified atom stereocenters. The molecule has 0 aliphatic rings. The third kappa shape index (κ3) is 2.76. The molecule has 0 bridgehead atoms. The van der Waals surface area contributed by atoms with Crippen LogP contribution in [0.15, 0.2) is 54.6 Å². The summed E-state index contributed by atoms with van der Waals surface area (Å²) < 4.78 is 42.1. The van der Waals surface area contributed by atoms with E-state index in [9.17, 15) is 28.2 Å². The summed E-state index contributed by atoms with van der Waals surface area (Å²) in [4.78, 5) is 21.5. The first-order valence-corrected chi connectivity index (χ1v) is 6.03. The lowest BCUT2D eigenvalue weighted by Gasteiger charge is -2.19. The maximum absolute atomic E-state index is 14.0. The van der Waals surface area contributed by atoms with Gasteiger partial charge in [-0.05, 0) is 6.07 Å². The zero-order valence-electron chi connectivity index (χ0n) is 10.9. The summed E-state index contributed by atoms with van der Waals surface area (Å²) >= 11 is 0. The second-order valence-corrected chi connectivity index (χ2v) is 4.27. The number of halogens is 3. The molecular weight excluding hydrogens is 301 g/mol. The van der Waals surface area contributed by atoms with E-state index in [1.165, 1.54) is 30.3 Å². The number of nitrogens with zero attached hydrogens (tertiary/aromatic N) is 2. The monoisotopic (exact) mass is 310 g/mol. The lowest BCUT2D eigenvalue weighted by molar-refractivity contribution is -0.384. The highest BCUT2D eigenvalue weighted by Gasteiger charge is 2.46. The van der Waals surface area contributed by atoms with E-state index < -0.39 is 38.8 Å². The zero-order chi connectivity index (χ0) is 16.3. The number of para-hydroxylation sites is 2. The Labute approximate surface area is 122 Å². The standard InChI is InChI=1S/C14H9F3N2O3/c15-14(16,10-6-2-1-3-7-10)13(20)18(17)11-8-4-5-9-12(11)19(21)22/h1-9H. The smallest absolute Gasteiger partial charge is 0.264 e. The minimum Gasteiger partial charge on any atom is -0.264 e. The van der Waals surface area contributed by atoms with Gasteiger partial charge in [0.1, 0.15) is 0 Å². The maximum atomic E-state index is 14.0. The first-order chi connectivity index (χ1) is 10.4. The predicted molar refractivity (Wildman–Crippen MR) is 72.0 cm³/mol. The Bertz CT molecular complexity index is 707. The largest absolute Gasteiger partial charge is 0.352 e. The first-order valence-electron chi connectivity index (χ1n) is 6.03. The molecule has 2 aromatic rings. The van der Waals surface area contributed by atoms with Crippen molar-refractivity contribution in [1.29, 1.82) is 0 Å². The Morgan fingerprint density at radius 1 is 1.05 bits per heavy atom. The Hall–Kier alpha value is -2.90. The number of carbonyl (C=O) groups is 1. The van der Waals surface area contributed by atoms with Gasteiger partial charge in [0.15, 0.2) is 5.69 Å². The molecule has 0 atom stereocenters. The molecule has 0 saturated heterocycles. The van der Waals surface area contributed by atoms with Crippen LogP contribution in [0.2, 0.25) is 0 Å². The van der Waals surface area contributed by atoms with Gasteiger partial charge >= 0.3 is 11.8 Å². The van der Waals surface area contributed by atoms with Crippen LogP contribution in [-0.2, 0) is 10.7 Å². The highest BCUT2D eigenvalue weighted by atomic mass is 19.3. The summed E-state index contributed by atoms with van der Waals surface area (Å²) in [6, 6.07) is 10.1. The van der Waals surface area contributed by atoms with Crippen molar-refractivity contribution in [2.45, 2.75) is 5.92 Å². The fourth-order valence-corrected chi connectivity index (χ4v) is 1.79. The summed E-state index contributed by atoms with van der Waals surface area (Å²) in [6.07, 6.45) is 0. The number of nitro benzene ring substituents is 1. The summed E-state index contributed by atoms with van der Waals surface area (Å²) in [7, 11) is 0. The number of nitro groups is 1. The molecule has 0 radical (unpaired) electrons. The summed E-state index contributed by atoms with van der Waals surface area (Å²) in [6.45, 7) is 0. The van der Waals surface area contributed by atoms with E-state index in [1.807, 2.05) is 0 Å². The van der Waals surface area contributed by atoms with Crippen molar-refractivity contribution in [2.24, 2.45) is 0 Å². The Morgan fingerprint density at radius 3 is 2.18 bits per heavy atom. The Morgan fingerprint density at radius 2 is 1.59 bits per heavy atom. The molecule has 0 aliphatic carbocycles. The number of amides is 1. The quantitative estimate of drug-likeness (QED) is 0.492. The van der Waals surface area contributed by atoms with Crippen LogP contribution in [0.4, 0.5) is 24.6 Å².